The summed E-state index contributed by atoms with van der Waals surface area (Å²) in [4.78, 5) is 32.3. The van der Waals surface area contributed by atoms with Gasteiger partial charge in [0.1, 0.15) is 5.75 Å². The summed E-state index contributed by atoms with van der Waals surface area (Å²) < 4.78 is 5.31. The number of carbonyl (C=O) groups excluding carboxylic acids is 2. The van der Waals surface area contributed by atoms with Gasteiger partial charge in [0.15, 0.2) is 5.76 Å². The highest BCUT2D eigenvalue weighted by molar-refractivity contribution is 7.12. The van der Waals surface area contributed by atoms with Gasteiger partial charge >= 0.3 is 0 Å². The maximum Gasteiger partial charge on any atom is 0.290 e. The molecular formula is C22H18N2O4S. The fraction of sp³-hybridized carbons (Fsp3) is 0.136. The Kier molecular flexibility index (Phi) is 5.14. The second kappa shape index (κ2) is 7.89. The summed E-state index contributed by atoms with van der Waals surface area (Å²) in [6.07, 6.45) is 1.64. The predicted octanol–water partition coefficient (Wildman–Crippen LogP) is 3.93. The van der Waals surface area contributed by atoms with Crippen molar-refractivity contribution in [1.29, 1.82) is 0 Å². The van der Waals surface area contributed by atoms with E-state index in [0.29, 0.717) is 21.9 Å². The highest BCUT2D eigenvalue weighted by atomic mass is 32.1. The molecule has 0 saturated carbocycles. The SMILES string of the molecule is COc1cccc(C2C(C(=O)c3cccs3)=C(O)C(=O)N2Cc2ccccn2)c1. The number of aromatic nitrogens is 1. The summed E-state index contributed by atoms with van der Waals surface area (Å²) in [6.45, 7) is 0.160. The largest absolute Gasteiger partial charge is 0.503 e. The second-order valence-electron chi connectivity index (χ2n) is 6.50. The molecule has 0 saturated heterocycles. The van der Waals surface area contributed by atoms with Gasteiger partial charge in [-0.05, 0) is 41.3 Å². The molecule has 1 amide bonds. The molecule has 3 heterocycles. The van der Waals surface area contributed by atoms with Crippen LogP contribution in [0.15, 0.2) is 77.5 Å². The van der Waals surface area contributed by atoms with Crippen molar-refractivity contribution in [2.75, 3.05) is 7.11 Å². The van der Waals surface area contributed by atoms with Crippen LogP contribution in [0.25, 0.3) is 0 Å². The number of rotatable bonds is 6. The molecule has 1 aliphatic heterocycles. The minimum absolute atomic E-state index is 0.0710. The highest BCUT2D eigenvalue weighted by Crippen LogP contribution is 2.41. The number of benzene rings is 1. The molecule has 0 aliphatic carbocycles. The van der Waals surface area contributed by atoms with Gasteiger partial charge < -0.3 is 14.7 Å². The lowest BCUT2D eigenvalue weighted by Crippen LogP contribution is -2.31. The van der Waals surface area contributed by atoms with Gasteiger partial charge in [-0.15, -0.1) is 11.3 Å². The fourth-order valence-corrected chi connectivity index (χ4v) is 4.09. The third-order valence-corrected chi connectivity index (χ3v) is 5.63. The summed E-state index contributed by atoms with van der Waals surface area (Å²) in [6, 6.07) is 15.3. The first-order valence-corrected chi connectivity index (χ1v) is 9.84. The van der Waals surface area contributed by atoms with Crippen LogP contribution in [0.1, 0.15) is 27.0 Å². The lowest BCUT2D eigenvalue weighted by atomic mass is 9.95. The summed E-state index contributed by atoms with van der Waals surface area (Å²) in [5.41, 5.74) is 1.41. The highest BCUT2D eigenvalue weighted by Gasteiger charge is 2.44. The van der Waals surface area contributed by atoms with Gasteiger partial charge in [0.05, 0.1) is 35.8 Å². The molecule has 0 fully saturated rings. The van der Waals surface area contributed by atoms with E-state index in [1.54, 1.807) is 61.2 Å². The first kappa shape index (κ1) is 18.9. The van der Waals surface area contributed by atoms with Crippen LogP contribution in [0, 0.1) is 0 Å². The summed E-state index contributed by atoms with van der Waals surface area (Å²) in [7, 11) is 1.55. The van der Waals surface area contributed by atoms with Crippen molar-refractivity contribution in [3.05, 3.63) is 93.6 Å². The van der Waals surface area contributed by atoms with E-state index in [1.807, 2.05) is 12.1 Å². The van der Waals surface area contributed by atoms with Crippen molar-refractivity contribution in [1.82, 2.24) is 9.88 Å². The van der Waals surface area contributed by atoms with Crippen LogP contribution >= 0.6 is 11.3 Å². The molecule has 2 aromatic heterocycles. The van der Waals surface area contributed by atoms with Gasteiger partial charge in [0.25, 0.3) is 5.91 Å². The molecule has 6 nitrogen and oxygen atoms in total. The van der Waals surface area contributed by atoms with Gasteiger partial charge in [-0.1, -0.05) is 24.3 Å². The number of Topliss-reactive ketones (excluding diaryl/α,β-unsaturated/α-hetero) is 1. The molecule has 3 aromatic rings. The van der Waals surface area contributed by atoms with Crippen LogP contribution < -0.4 is 4.74 Å². The van der Waals surface area contributed by atoms with Crippen molar-refractivity contribution < 1.29 is 19.4 Å². The lowest BCUT2D eigenvalue weighted by Gasteiger charge is -2.26. The third-order valence-electron chi connectivity index (χ3n) is 4.76. The Hall–Kier alpha value is -3.45. The molecule has 4 rings (SSSR count). The van der Waals surface area contributed by atoms with Gasteiger partial charge in [-0.3, -0.25) is 14.6 Å². The van der Waals surface area contributed by atoms with E-state index in [9.17, 15) is 14.7 Å². The van der Waals surface area contributed by atoms with Crippen LogP contribution in [0.5, 0.6) is 5.75 Å². The van der Waals surface area contributed by atoms with E-state index in [2.05, 4.69) is 4.98 Å². The van der Waals surface area contributed by atoms with Crippen LogP contribution in [0.2, 0.25) is 0 Å². The number of methoxy groups -OCH3 is 1. The quantitative estimate of drug-likeness (QED) is 0.628. The standard InChI is InChI=1S/C22H18N2O4S/c1-28-16-8-4-6-14(12-16)19-18(20(25)17-9-5-11-29-17)21(26)22(27)24(19)13-15-7-2-3-10-23-15/h2-12,19,26H,13H2,1H3. The molecule has 29 heavy (non-hydrogen) atoms. The zero-order valence-electron chi connectivity index (χ0n) is 15.6. The number of carbonyl (C=O) groups is 2. The average molecular weight is 406 g/mol. The summed E-state index contributed by atoms with van der Waals surface area (Å²) in [5.74, 6) is -0.875. The maximum absolute atomic E-state index is 13.2. The van der Waals surface area contributed by atoms with Crippen molar-refractivity contribution in [3.8, 4) is 5.75 Å². The minimum Gasteiger partial charge on any atom is -0.503 e. The van der Waals surface area contributed by atoms with Gasteiger partial charge in [0.2, 0.25) is 5.78 Å². The smallest absolute Gasteiger partial charge is 0.290 e. The van der Waals surface area contributed by atoms with Crippen molar-refractivity contribution in [2.45, 2.75) is 12.6 Å². The Morgan fingerprint density at radius 3 is 2.76 bits per heavy atom. The molecule has 1 unspecified atom stereocenters. The molecule has 1 atom stereocenters. The monoisotopic (exact) mass is 406 g/mol. The normalized spacial score (nSPS) is 16.4. The second-order valence-corrected chi connectivity index (χ2v) is 7.45. The number of nitrogens with zero attached hydrogens (tertiary/aromatic N) is 2. The van der Waals surface area contributed by atoms with Crippen LogP contribution in [0.3, 0.4) is 0 Å². The van der Waals surface area contributed by atoms with E-state index in [1.165, 1.54) is 16.2 Å². The van der Waals surface area contributed by atoms with E-state index in [-0.39, 0.29) is 17.9 Å². The van der Waals surface area contributed by atoms with E-state index in [4.69, 9.17) is 4.74 Å². The third kappa shape index (κ3) is 3.52. The summed E-state index contributed by atoms with van der Waals surface area (Å²) >= 11 is 1.27. The number of hydrogen-bond donors (Lipinski definition) is 1. The van der Waals surface area contributed by atoms with E-state index in [0.717, 1.165) is 0 Å². The Labute approximate surface area is 171 Å². The Balaban J connectivity index is 1.81. The van der Waals surface area contributed by atoms with Crippen molar-refractivity contribution in [2.24, 2.45) is 0 Å². The fourth-order valence-electron chi connectivity index (χ4n) is 3.41. The molecule has 1 aromatic carbocycles. The molecule has 1 N–H and O–H groups in total. The number of ketones is 1. The van der Waals surface area contributed by atoms with Crippen molar-refractivity contribution >= 4 is 23.0 Å². The van der Waals surface area contributed by atoms with Gasteiger partial charge in [0, 0.05) is 6.20 Å². The lowest BCUT2D eigenvalue weighted by molar-refractivity contribution is -0.130. The van der Waals surface area contributed by atoms with Crippen molar-refractivity contribution in [3.63, 3.8) is 0 Å². The molecule has 146 valence electrons. The Morgan fingerprint density at radius 1 is 1.21 bits per heavy atom. The molecule has 0 radical (unpaired) electrons. The molecule has 0 bridgehead atoms. The van der Waals surface area contributed by atoms with E-state index >= 15 is 0 Å². The molecule has 7 heteroatoms. The first-order valence-electron chi connectivity index (χ1n) is 8.96. The number of ether oxygens (including phenoxy) is 1. The van der Waals surface area contributed by atoms with Gasteiger partial charge in [-0.25, -0.2) is 0 Å². The maximum atomic E-state index is 13.2. The number of pyridine rings is 1. The first-order chi connectivity index (χ1) is 14.1. The van der Waals surface area contributed by atoms with Crippen LogP contribution in [-0.4, -0.2) is 33.8 Å². The molecule has 1 aliphatic rings. The number of thiophene rings is 1. The molecular weight excluding hydrogens is 388 g/mol. The Bertz CT molecular complexity index is 1080. The minimum atomic E-state index is -0.741. The number of amides is 1. The number of aliphatic hydroxyl groups excluding tert-OH is 1. The molecule has 0 spiro atoms. The predicted molar refractivity (Wildman–Crippen MR) is 109 cm³/mol. The topological polar surface area (TPSA) is 79.7 Å². The average Bonchev–Trinajstić information content (AvgIpc) is 3.37. The zero-order chi connectivity index (χ0) is 20.4. The Morgan fingerprint density at radius 2 is 2.07 bits per heavy atom. The van der Waals surface area contributed by atoms with E-state index < -0.39 is 17.7 Å². The van der Waals surface area contributed by atoms with Crippen LogP contribution in [-0.2, 0) is 11.3 Å². The zero-order valence-corrected chi connectivity index (χ0v) is 16.4. The summed E-state index contributed by atoms with van der Waals surface area (Å²) in [5, 5.41) is 12.4. The van der Waals surface area contributed by atoms with Crippen LogP contribution in [0.4, 0.5) is 0 Å². The van der Waals surface area contributed by atoms with Gasteiger partial charge in [-0.2, -0.15) is 0 Å². The number of hydrogen-bond acceptors (Lipinski definition) is 6. The number of aliphatic hydroxyl groups is 1.